The van der Waals surface area contributed by atoms with Crippen molar-refractivity contribution in [3.63, 3.8) is 0 Å². The van der Waals surface area contributed by atoms with Crippen LogP contribution in [0.3, 0.4) is 0 Å². The summed E-state index contributed by atoms with van der Waals surface area (Å²) in [6.45, 7) is 8.51. The molecular formula is C16H31N. The zero-order valence-corrected chi connectivity index (χ0v) is 12.0. The van der Waals surface area contributed by atoms with Gasteiger partial charge in [0.2, 0.25) is 0 Å². The fraction of sp³-hybridized carbons (Fsp3) is 1.00. The fourth-order valence-electron chi connectivity index (χ4n) is 4.04. The summed E-state index contributed by atoms with van der Waals surface area (Å²) < 4.78 is 0. The Kier molecular flexibility index (Phi) is 4.90. The van der Waals surface area contributed by atoms with Gasteiger partial charge in [-0.25, -0.2) is 0 Å². The van der Waals surface area contributed by atoms with Crippen molar-refractivity contribution in [1.29, 1.82) is 0 Å². The van der Waals surface area contributed by atoms with Gasteiger partial charge in [-0.3, -0.25) is 0 Å². The van der Waals surface area contributed by atoms with Crippen LogP contribution in [0.15, 0.2) is 0 Å². The molecule has 1 nitrogen and oxygen atoms in total. The van der Waals surface area contributed by atoms with Crippen LogP contribution in [0.2, 0.25) is 0 Å². The third-order valence-corrected chi connectivity index (χ3v) is 5.15. The smallest absolute Gasteiger partial charge is 0.00978 e. The Morgan fingerprint density at radius 1 is 1.06 bits per heavy atom. The molecule has 4 unspecified atom stereocenters. The van der Waals surface area contributed by atoms with Gasteiger partial charge in [-0.05, 0) is 55.9 Å². The summed E-state index contributed by atoms with van der Waals surface area (Å²) in [6.07, 6.45) is 10.2. The lowest BCUT2D eigenvalue weighted by Crippen LogP contribution is -2.42. The van der Waals surface area contributed by atoms with Crippen molar-refractivity contribution in [3.05, 3.63) is 0 Å². The lowest BCUT2D eigenvalue weighted by molar-refractivity contribution is 0.199. The van der Waals surface area contributed by atoms with Crippen LogP contribution < -0.4 is 5.32 Å². The first kappa shape index (κ1) is 13.4. The quantitative estimate of drug-likeness (QED) is 0.771. The van der Waals surface area contributed by atoms with Gasteiger partial charge in [0.25, 0.3) is 0 Å². The van der Waals surface area contributed by atoms with Gasteiger partial charge < -0.3 is 5.32 Å². The normalized spacial score (nSPS) is 38.8. The number of hydrogen-bond donors (Lipinski definition) is 1. The van der Waals surface area contributed by atoms with E-state index in [1.807, 2.05) is 0 Å². The molecule has 0 heterocycles. The highest BCUT2D eigenvalue weighted by atomic mass is 14.9. The first-order chi connectivity index (χ1) is 8.16. The second kappa shape index (κ2) is 6.22. The third kappa shape index (κ3) is 3.71. The molecule has 100 valence electrons. The molecule has 2 aliphatic carbocycles. The molecule has 0 aliphatic heterocycles. The Balaban J connectivity index is 1.76. The van der Waals surface area contributed by atoms with E-state index in [1.54, 1.807) is 0 Å². The number of hydrogen-bond acceptors (Lipinski definition) is 1. The molecule has 0 radical (unpaired) electrons. The van der Waals surface area contributed by atoms with Crippen LogP contribution in [-0.4, -0.2) is 12.6 Å². The highest BCUT2D eigenvalue weighted by molar-refractivity contribution is 4.84. The highest BCUT2D eigenvalue weighted by Crippen LogP contribution is 2.32. The van der Waals surface area contributed by atoms with Gasteiger partial charge in [0, 0.05) is 6.04 Å². The zero-order valence-electron chi connectivity index (χ0n) is 12.0. The summed E-state index contributed by atoms with van der Waals surface area (Å²) in [5.74, 6) is 3.74. The minimum Gasteiger partial charge on any atom is -0.313 e. The number of rotatable bonds is 4. The summed E-state index contributed by atoms with van der Waals surface area (Å²) >= 11 is 0. The van der Waals surface area contributed by atoms with E-state index in [0.29, 0.717) is 0 Å². The van der Waals surface area contributed by atoms with Crippen LogP contribution in [0.1, 0.15) is 65.7 Å². The largest absolute Gasteiger partial charge is 0.313 e. The molecule has 0 aromatic carbocycles. The summed E-state index contributed by atoms with van der Waals surface area (Å²) in [4.78, 5) is 0. The van der Waals surface area contributed by atoms with Crippen LogP contribution in [0.25, 0.3) is 0 Å². The summed E-state index contributed by atoms with van der Waals surface area (Å²) in [5.41, 5.74) is 0. The molecule has 1 heteroatoms. The summed E-state index contributed by atoms with van der Waals surface area (Å²) in [6, 6.07) is 0.819. The van der Waals surface area contributed by atoms with Crippen molar-refractivity contribution in [2.45, 2.75) is 71.8 Å². The van der Waals surface area contributed by atoms with Crippen LogP contribution in [0.4, 0.5) is 0 Å². The maximum absolute atomic E-state index is 3.92. The second-order valence-electron chi connectivity index (χ2n) is 6.99. The van der Waals surface area contributed by atoms with E-state index < -0.39 is 0 Å². The molecule has 4 atom stereocenters. The molecule has 1 N–H and O–H groups in total. The Bertz CT molecular complexity index is 224. The lowest BCUT2D eigenvalue weighted by Gasteiger charge is -2.35. The Morgan fingerprint density at radius 3 is 2.47 bits per heavy atom. The standard InChI is InChI=1S/C16H31N/c1-12(2)15-6-4-5-7-16(15)17-11-14-9-8-13(3)10-14/h12-17H,4-11H2,1-3H3. The Labute approximate surface area is 108 Å². The molecule has 2 saturated carbocycles. The second-order valence-corrected chi connectivity index (χ2v) is 6.99. The molecule has 0 aromatic heterocycles. The van der Waals surface area contributed by atoms with Crippen LogP contribution in [-0.2, 0) is 0 Å². The molecule has 0 bridgehead atoms. The average Bonchev–Trinajstić information content (AvgIpc) is 2.73. The van der Waals surface area contributed by atoms with E-state index in [4.69, 9.17) is 0 Å². The SMILES string of the molecule is CC1CCC(CNC2CCCCC2C(C)C)C1. The van der Waals surface area contributed by atoms with Crippen molar-refractivity contribution in [3.8, 4) is 0 Å². The lowest BCUT2D eigenvalue weighted by atomic mass is 9.77. The summed E-state index contributed by atoms with van der Waals surface area (Å²) in [7, 11) is 0. The molecule has 2 aliphatic rings. The van der Waals surface area contributed by atoms with Crippen LogP contribution in [0.5, 0.6) is 0 Å². The molecule has 0 spiro atoms. The van der Waals surface area contributed by atoms with Gasteiger partial charge in [-0.2, -0.15) is 0 Å². The fourth-order valence-corrected chi connectivity index (χ4v) is 4.04. The van der Waals surface area contributed by atoms with Crippen molar-refractivity contribution < 1.29 is 0 Å². The molecule has 0 saturated heterocycles. The Hall–Kier alpha value is -0.0400. The highest BCUT2D eigenvalue weighted by Gasteiger charge is 2.28. The van der Waals surface area contributed by atoms with Gasteiger partial charge in [-0.15, -0.1) is 0 Å². The predicted molar refractivity (Wildman–Crippen MR) is 75.1 cm³/mol. The van der Waals surface area contributed by atoms with E-state index in [-0.39, 0.29) is 0 Å². The van der Waals surface area contributed by atoms with E-state index in [0.717, 1.165) is 29.7 Å². The average molecular weight is 237 g/mol. The van der Waals surface area contributed by atoms with Gasteiger partial charge in [0.05, 0.1) is 0 Å². The topological polar surface area (TPSA) is 12.0 Å². The van der Waals surface area contributed by atoms with Gasteiger partial charge >= 0.3 is 0 Å². The van der Waals surface area contributed by atoms with Crippen molar-refractivity contribution in [2.24, 2.45) is 23.7 Å². The molecular weight excluding hydrogens is 206 g/mol. The van der Waals surface area contributed by atoms with Crippen molar-refractivity contribution in [1.82, 2.24) is 5.32 Å². The van der Waals surface area contributed by atoms with Gasteiger partial charge in [0.1, 0.15) is 0 Å². The molecule has 2 rings (SSSR count). The van der Waals surface area contributed by atoms with E-state index in [9.17, 15) is 0 Å². The van der Waals surface area contributed by atoms with Crippen molar-refractivity contribution in [2.75, 3.05) is 6.54 Å². The van der Waals surface area contributed by atoms with Crippen LogP contribution >= 0.6 is 0 Å². The third-order valence-electron chi connectivity index (χ3n) is 5.15. The van der Waals surface area contributed by atoms with E-state index >= 15 is 0 Å². The maximum atomic E-state index is 3.92. The summed E-state index contributed by atoms with van der Waals surface area (Å²) in [5, 5.41) is 3.92. The molecule has 0 aromatic rings. The van der Waals surface area contributed by atoms with Gasteiger partial charge in [0.15, 0.2) is 0 Å². The molecule has 0 amide bonds. The monoisotopic (exact) mass is 237 g/mol. The minimum absolute atomic E-state index is 0.819. The van der Waals surface area contributed by atoms with Gasteiger partial charge in [-0.1, -0.05) is 40.0 Å². The number of nitrogens with one attached hydrogen (secondary N) is 1. The predicted octanol–water partition coefficient (Wildman–Crippen LogP) is 4.23. The molecule has 17 heavy (non-hydrogen) atoms. The zero-order chi connectivity index (χ0) is 12.3. The first-order valence-corrected chi connectivity index (χ1v) is 7.90. The molecule has 2 fully saturated rings. The van der Waals surface area contributed by atoms with Crippen LogP contribution in [0, 0.1) is 23.7 Å². The maximum Gasteiger partial charge on any atom is 0.00978 e. The first-order valence-electron chi connectivity index (χ1n) is 7.90. The minimum atomic E-state index is 0.819. The van der Waals surface area contributed by atoms with E-state index in [1.165, 1.54) is 51.5 Å². The van der Waals surface area contributed by atoms with Crippen molar-refractivity contribution >= 4 is 0 Å². The van der Waals surface area contributed by atoms with E-state index in [2.05, 4.69) is 26.1 Å². The Morgan fingerprint density at radius 2 is 1.82 bits per heavy atom.